The highest BCUT2D eigenvalue weighted by Crippen LogP contribution is 2.19. The largest absolute Gasteiger partial charge is 0.453 e. The fourth-order valence-corrected chi connectivity index (χ4v) is 3.14. The van der Waals surface area contributed by atoms with Gasteiger partial charge in [-0.1, -0.05) is 28.9 Å². The zero-order valence-corrected chi connectivity index (χ0v) is 16.6. The predicted molar refractivity (Wildman–Crippen MR) is 105 cm³/mol. The molecule has 2 aromatic rings. The van der Waals surface area contributed by atoms with Gasteiger partial charge in [0.15, 0.2) is 5.96 Å². The van der Waals surface area contributed by atoms with Crippen LogP contribution in [0.25, 0.3) is 11.4 Å². The molecule has 0 radical (unpaired) electrons. The maximum absolute atomic E-state index is 11.6. The van der Waals surface area contributed by atoms with E-state index in [1.165, 1.54) is 7.11 Å². The van der Waals surface area contributed by atoms with Crippen molar-refractivity contribution < 1.29 is 14.1 Å². The van der Waals surface area contributed by atoms with Crippen molar-refractivity contribution in [2.45, 2.75) is 25.4 Å². The lowest BCUT2D eigenvalue weighted by Gasteiger charge is -2.32. The van der Waals surface area contributed by atoms with Crippen LogP contribution in [0.15, 0.2) is 33.8 Å². The van der Waals surface area contributed by atoms with E-state index in [1.54, 1.807) is 24.1 Å². The summed E-state index contributed by atoms with van der Waals surface area (Å²) in [4.78, 5) is 21.8. The highest BCUT2D eigenvalue weighted by molar-refractivity contribution is 6.30. The zero-order valence-electron chi connectivity index (χ0n) is 15.8. The third-order valence-electron chi connectivity index (χ3n) is 4.45. The molecule has 2 N–H and O–H groups in total. The van der Waals surface area contributed by atoms with Crippen LogP contribution < -0.4 is 10.6 Å². The first kappa shape index (κ1) is 19.9. The van der Waals surface area contributed by atoms with Crippen LogP contribution in [0, 0.1) is 0 Å². The van der Waals surface area contributed by atoms with Crippen LogP contribution in [-0.4, -0.2) is 60.4 Å². The number of hydrogen-bond acceptors (Lipinski definition) is 6. The van der Waals surface area contributed by atoms with E-state index in [0.29, 0.717) is 42.3 Å². The van der Waals surface area contributed by atoms with E-state index in [1.807, 2.05) is 12.1 Å². The summed E-state index contributed by atoms with van der Waals surface area (Å²) in [5, 5.41) is 11.1. The Morgan fingerprint density at radius 2 is 2.21 bits per heavy atom. The second kappa shape index (κ2) is 9.41. The Hall–Kier alpha value is -2.81. The van der Waals surface area contributed by atoms with E-state index in [4.69, 9.17) is 20.9 Å². The average Bonchev–Trinajstić information content (AvgIpc) is 3.20. The van der Waals surface area contributed by atoms with Gasteiger partial charge in [-0.25, -0.2) is 4.79 Å². The Morgan fingerprint density at radius 1 is 1.43 bits per heavy atom. The highest BCUT2D eigenvalue weighted by atomic mass is 35.5. The van der Waals surface area contributed by atoms with Crippen molar-refractivity contribution in [2.24, 2.45) is 4.99 Å². The normalized spacial score (nSPS) is 15.4. The molecule has 3 rings (SSSR count). The summed E-state index contributed by atoms with van der Waals surface area (Å²) in [6.45, 7) is 1.64. The number of carbonyl (C=O) groups excluding carboxylic acids is 1. The number of guanidine groups is 1. The van der Waals surface area contributed by atoms with Gasteiger partial charge in [0.1, 0.15) is 0 Å². The molecule has 1 aromatic heterocycles. The van der Waals surface area contributed by atoms with Gasteiger partial charge in [0.05, 0.1) is 13.7 Å². The molecular weight excluding hydrogens is 384 g/mol. The molecule has 0 atom stereocenters. The van der Waals surface area contributed by atoms with E-state index >= 15 is 0 Å². The van der Waals surface area contributed by atoms with Gasteiger partial charge in [-0.3, -0.25) is 4.99 Å². The van der Waals surface area contributed by atoms with Crippen LogP contribution >= 0.6 is 11.6 Å². The van der Waals surface area contributed by atoms with Crippen molar-refractivity contribution in [3.63, 3.8) is 0 Å². The molecule has 1 saturated heterocycles. The highest BCUT2D eigenvalue weighted by Gasteiger charge is 2.23. The number of methoxy groups -OCH3 is 1. The molecule has 1 aliphatic heterocycles. The fourth-order valence-electron chi connectivity index (χ4n) is 2.95. The Morgan fingerprint density at radius 3 is 2.89 bits per heavy atom. The zero-order chi connectivity index (χ0) is 19.9. The van der Waals surface area contributed by atoms with Gasteiger partial charge in [0.25, 0.3) is 0 Å². The van der Waals surface area contributed by atoms with Gasteiger partial charge >= 0.3 is 6.09 Å². The number of piperidine rings is 1. The first-order valence-electron chi connectivity index (χ1n) is 8.97. The first-order chi connectivity index (χ1) is 13.6. The quantitative estimate of drug-likeness (QED) is 0.592. The first-order valence-corrected chi connectivity index (χ1v) is 9.35. The maximum atomic E-state index is 11.6. The third kappa shape index (κ3) is 5.13. The lowest BCUT2D eigenvalue weighted by atomic mass is 10.1. The number of likely N-dealkylation sites (tertiary alicyclic amines) is 1. The number of aromatic nitrogens is 2. The van der Waals surface area contributed by atoms with Crippen molar-refractivity contribution in [1.82, 2.24) is 25.7 Å². The number of nitrogens with zero attached hydrogens (tertiary/aromatic N) is 4. The molecule has 1 amide bonds. The molecule has 0 spiro atoms. The lowest BCUT2D eigenvalue weighted by molar-refractivity contribution is 0.111. The summed E-state index contributed by atoms with van der Waals surface area (Å²) in [5.74, 6) is 1.56. The van der Waals surface area contributed by atoms with E-state index in [9.17, 15) is 4.79 Å². The smallest absolute Gasteiger partial charge is 0.409 e. The van der Waals surface area contributed by atoms with E-state index in [2.05, 4.69) is 25.8 Å². The monoisotopic (exact) mass is 406 g/mol. The number of nitrogens with one attached hydrogen (secondary N) is 2. The molecular formula is C18H23ClN6O3. The van der Waals surface area contributed by atoms with Gasteiger partial charge < -0.3 is 24.8 Å². The summed E-state index contributed by atoms with van der Waals surface area (Å²) in [7, 11) is 3.10. The summed E-state index contributed by atoms with van der Waals surface area (Å²) in [5.41, 5.74) is 0.794. The van der Waals surface area contributed by atoms with Crippen molar-refractivity contribution in [2.75, 3.05) is 27.2 Å². The molecule has 28 heavy (non-hydrogen) atoms. The van der Waals surface area contributed by atoms with Crippen LogP contribution in [-0.2, 0) is 11.3 Å². The van der Waals surface area contributed by atoms with Gasteiger partial charge in [-0.15, -0.1) is 0 Å². The molecule has 0 aliphatic carbocycles. The number of halogens is 1. The van der Waals surface area contributed by atoms with Crippen LogP contribution in [0.4, 0.5) is 4.79 Å². The van der Waals surface area contributed by atoms with E-state index < -0.39 is 0 Å². The molecule has 2 heterocycles. The summed E-state index contributed by atoms with van der Waals surface area (Å²) in [6.07, 6.45) is 1.35. The number of benzene rings is 1. The van der Waals surface area contributed by atoms with Crippen LogP contribution in [0.2, 0.25) is 5.02 Å². The number of rotatable bonds is 4. The Bertz CT molecular complexity index is 832. The molecule has 1 aromatic carbocycles. The minimum Gasteiger partial charge on any atom is -0.453 e. The van der Waals surface area contributed by atoms with Crippen LogP contribution in [0.1, 0.15) is 18.7 Å². The van der Waals surface area contributed by atoms with Crippen molar-refractivity contribution >= 4 is 23.7 Å². The average molecular weight is 407 g/mol. The number of aliphatic imine (C=N–C) groups is 1. The third-order valence-corrected chi connectivity index (χ3v) is 4.69. The van der Waals surface area contributed by atoms with E-state index in [0.717, 1.165) is 18.4 Å². The molecule has 150 valence electrons. The second-order valence-electron chi connectivity index (χ2n) is 6.32. The molecule has 0 unspecified atom stereocenters. The van der Waals surface area contributed by atoms with Crippen molar-refractivity contribution in [1.29, 1.82) is 0 Å². The minimum absolute atomic E-state index is 0.219. The predicted octanol–water partition coefficient (Wildman–Crippen LogP) is 2.29. The number of ether oxygens (including phenoxy) is 1. The Kier molecular flexibility index (Phi) is 6.70. The second-order valence-corrected chi connectivity index (χ2v) is 6.76. The molecule has 1 fully saturated rings. The standard InChI is InChI=1S/C18H23ClN6O3/c1-20-17(22-14-6-8-25(9-7-14)18(26)27-2)21-11-15-23-16(24-28-15)12-4-3-5-13(19)10-12/h3-5,10,14H,6-9,11H2,1-2H3,(H2,20,21,22). The van der Waals surface area contributed by atoms with Gasteiger partial charge in [0.2, 0.25) is 11.7 Å². The van der Waals surface area contributed by atoms with E-state index in [-0.39, 0.29) is 12.1 Å². The summed E-state index contributed by atoms with van der Waals surface area (Å²) in [6, 6.07) is 7.50. The SMILES string of the molecule is CN=C(NCc1nc(-c2cccc(Cl)c2)no1)NC1CCN(C(=O)OC)CC1. The van der Waals surface area contributed by atoms with Crippen LogP contribution in [0.3, 0.4) is 0 Å². The van der Waals surface area contributed by atoms with Gasteiger partial charge in [0, 0.05) is 36.8 Å². The summed E-state index contributed by atoms with van der Waals surface area (Å²) >= 11 is 6.00. The number of amides is 1. The molecule has 0 bridgehead atoms. The maximum Gasteiger partial charge on any atom is 0.409 e. The van der Waals surface area contributed by atoms with Crippen molar-refractivity contribution in [3.8, 4) is 11.4 Å². The molecule has 1 aliphatic rings. The fraction of sp³-hybridized carbons (Fsp3) is 0.444. The van der Waals surface area contributed by atoms with Gasteiger partial charge in [-0.05, 0) is 25.0 Å². The van der Waals surface area contributed by atoms with Crippen LogP contribution in [0.5, 0.6) is 0 Å². The molecule has 0 saturated carbocycles. The number of carbonyl (C=O) groups is 1. The minimum atomic E-state index is -0.284. The topological polar surface area (TPSA) is 105 Å². The molecule has 10 heteroatoms. The Balaban J connectivity index is 1.49. The van der Waals surface area contributed by atoms with Crippen molar-refractivity contribution in [3.05, 3.63) is 35.2 Å². The Labute approximate surface area is 168 Å². The lowest BCUT2D eigenvalue weighted by Crippen LogP contribution is -2.49. The number of hydrogen-bond donors (Lipinski definition) is 2. The van der Waals surface area contributed by atoms with Gasteiger partial charge in [-0.2, -0.15) is 4.98 Å². The summed E-state index contributed by atoms with van der Waals surface area (Å²) < 4.78 is 10.0. The molecule has 9 nitrogen and oxygen atoms in total.